The molecule has 2 aliphatic carbocycles. The number of nitrogens with one attached hydrogen (secondary N) is 1. The summed E-state index contributed by atoms with van der Waals surface area (Å²) in [6.07, 6.45) is 5.29. The quantitative estimate of drug-likeness (QED) is 0.829. The molecule has 7 heteroatoms. The number of hydrogen-bond donors (Lipinski definition) is 2. The van der Waals surface area contributed by atoms with E-state index in [0.29, 0.717) is 11.8 Å². The van der Waals surface area contributed by atoms with Crippen molar-refractivity contribution in [2.24, 2.45) is 23.5 Å². The van der Waals surface area contributed by atoms with Gasteiger partial charge in [-0.05, 0) is 55.2 Å². The highest BCUT2D eigenvalue weighted by molar-refractivity contribution is 8.14. The maximum absolute atomic E-state index is 12.7. The normalized spacial score (nSPS) is 30.5. The molecule has 3 fully saturated rings. The topological polar surface area (TPSA) is 92.5 Å². The Balaban J connectivity index is 1.35. The maximum atomic E-state index is 12.7. The Labute approximate surface area is 163 Å². The number of rotatable bonds is 4. The van der Waals surface area contributed by atoms with Gasteiger partial charge in [0.25, 0.3) is 5.24 Å². The Morgan fingerprint density at radius 3 is 2.41 bits per heavy atom. The highest BCUT2D eigenvalue weighted by Gasteiger charge is 2.40. The molecular weight excluding hydrogens is 362 g/mol. The Kier molecular flexibility index (Phi) is 5.23. The molecule has 2 bridgehead atoms. The van der Waals surface area contributed by atoms with Crippen LogP contribution in [0.4, 0.5) is 10.5 Å². The van der Waals surface area contributed by atoms with E-state index in [2.05, 4.69) is 5.32 Å². The Hall–Kier alpha value is -1.86. The highest BCUT2D eigenvalue weighted by Crippen LogP contribution is 2.42. The van der Waals surface area contributed by atoms with E-state index in [9.17, 15) is 14.4 Å². The van der Waals surface area contributed by atoms with E-state index in [4.69, 9.17) is 5.73 Å². The van der Waals surface area contributed by atoms with Crippen LogP contribution in [-0.2, 0) is 16.1 Å². The molecule has 144 valence electrons. The second-order valence-corrected chi connectivity index (χ2v) is 8.84. The van der Waals surface area contributed by atoms with Crippen LogP contribution in [0.1, 0.15) is 37.7 Å². The van der Waals surface area contributed by atoms with E-state index in [0.717, 1.165) is 48.7 Å². The summed E-state index contributed by atoms with van der Waals surface area (Å²) >= 11 is 1.04. The Bertz CT molecular complexity index is 721. The molecule has 0 spiro atoms. The predicted octanol–water partition coefficient (Wildman–Crippen LogP) is 2.97. The lowest BCUT2D eigenvalue weighted by molar-refractivity contribution is -0.125. The average molecular weight is 388 g/mol. The van der Waals surface area contributed by atoms with Crippen LogP contribution in [0, 0.1) is 17.8 Å². The number of imide groups is 1. The minimum Gasteiger partial charge on any atom is -0.327 e. The summed E-state index contributed by atoms with van der Waals surface area (Å²) < 4.78 is 0. The molecule has 4 rings (SSSR count). The van der Waals surface area contributed by atoms with Crippen LogP contribution in [0.5, 0.6) is 0 Å². The zero-order valence-corrected chi connectivity index (χ0v) is 16.0. The number of carbonyl (C=O) groups is 3. The number of anilines is 1. The third-order valence-electron chi connectivity index (χ3n) is 6.19. The monoisotopic (exact) mass is 387 g/mol. The number of nitrogens with two attached hydrogens (primary N) is 1. The number of carbonyl (C=O) groups excluding carboxylic acids is 3. The Morgan fingerprint density at radius 1 is 1.15 bits per heavy atom. The molecule has 1 heterocycles. The van der Waals surface area contributed by atoms with Crippen LogP contribution < -0.4 is 11.1 Å². The van der Waals surface area contributed by atoms with Crippen LogP contribution in [-0.4, -0.2) is 33.7 Å². The van der Waals surface area contributed by atoms with E-state index in [1.54, 1.807) is 0 Å². The number of fused-ring (bicyclic) bond motifs is 2. The molecule has 3 amide bonds. The van der Waals surface area contributed by atoms with Gasteiger partial charge in [-0.1, -0.05) is 30.3 Å². The van der Waals surface area contributed by atoms with Crippen molar-refractivity contribution in [3.05, 3.63) is 29.8 Å². The maximum Gasteiger partial charge on any atom is 0.289 e. The van der Waals surface area contributed by atoms with E-state index in [1.165, 1.54) is 11.3 Å². The fraction of sp³-hybridized carbons (Fsp3) is 0.550. The molecule has 1 aromatic carbocycles. The number of benzene rings is 1. The smallest absolute Gasteiger partial charge is 0.289 e. The largest absolute Gasteiger partial charge is 0.327 e. The summed E-state index contributed by atoms with van der Waals surface area (Å²) in [5.41, 5.74) is 7.94. The highest BCUT2D eigenvalue weighted by atomic mass is 32.2. The lowest BCUT2D eigenvalue weighted by atomic mass is 9.65. The summed E-state index contributed by atoms with van der Waals surface area (Å²) in [5, 5.41) is 2.83. The summed E-state index contributed by atoms with van der Waals surface area (Å²) in [6, 6.07) is 7.63. The van der Waals surface area contributed by atoms with Crippen molar-refractivity contribution < 1.29 is 14.4 Å². The standard InChI is InChI=1S/C20H25N3O3S/c21-18-13-2-1-3-14(18)9-15(8-13)19(25)22-16-6-4-12(5-7-16)10-23-17(24)11-27-20(23)26/h4-7,13-15,18H,1-3,8-11,21H2,(H,22,25). The SMILES string of the molecule is NC1C2CCCC1CC(C(=O)Nc1ccc(CN3C(=O)CSC3=O)cc1)C2. The number of hydrogen-bond acceptors (Lipinski definition) is 5. The summed E-state index contributed by atoms with van der Waals surface area (Å²) in [4.78, 5) is 37.4. The van der Waals surface area contributed by atoms with Crippen molar-refractivity contribution in [1.29, 1.82) is 0 Å². The average Bonchev–Trinajstić information content (AvgIpc) is 2.95. The van der Waals surface area contributed by atoms with Gasteiger partial charge in [-0.3, -0.25) is 19.3 Å². The molecule has 3 N–H and O–H groups in total. The first kappa shape index (κ1) is 18.5. The van der Waals surface area contributed by atoms with E-state index >= 15 is 0 Å². The lowest BCUT2D eigenvalue weighted by Gasteiger charge is -2.43. The summed E-state index contributed by atoms with van der Waals surface area (Å²) in [5.74, 6) is 1.14. The molecule has 2 saturated carbocycles. The fourth-order valence-corrected chi connectivity index (χ4v) is 5.38. The van der Waals surface area contributed by atoms with Gasteiger partial charge in [0.2, 0.25) is 11.8 Å². The lowest BCUT2D eigenvalue weighted by Crippen LogP contribution is -2.48. The molecule has 27 heavy (non-hydrogen) atoms. The first-order valence-electron chi connectivity index (χ1n) is 9.64. The van der Waals surface area contributed by atoms with Gasteiger partial charge in [-0.2, -0.15) is 0 Å². The number of nitrogens with zero attached hydrogens (tertiary/aromatic N) is 1. The fourth-order valence-electron chi connectivity index (χ4n) is 4.66. The Morgan fingerprint density at radius 2 is 1.81 bits per heavy atom. The van der Waals surface area contributed by atoms with Gasteiger partial charge in [0.1, 0.15) is 0 Å². The van der Waals surface area contributed by atoms with E-state index in [1.807, 2.05) is 24.3 Å². The molecule has 2 unspecified atom stereocenters. The van der Waals surface area contributed by atoms with Gasteiger partial charge < -0.3 is 11.1 Å². The van der Waals surface area contributed by atoms with Gasteiger partial charge in [-0.15, -0.1) is 0 Å². The van der Waals surface area contributed by atoms with Gasteiger partial charge in [0.05, 0.1) is 12.3 Å². The molecule has 0 radical (unpaired) electrons. The predicted molar refractivity (Wildman–Crippen MR) is 105 cm³/mol. The van der Waals surface area contributed by atoms with Gasteiger partial charge in [0, 0.05) is 17.6 Å². The first-order valence-corrected chi connectivity index (χ1v) is 10.6. The molecule has 3 aliphatic rings. The van der Waals surface area contributed by atoms with Gasteiger partial charge in [-0.25, -0.2) is 0 Å². The molecule has 1 saturated heterocycles. The van der Waals surface area contributed by atoms with Crippen molar-refractivity contribution in [2.45, 2.75) is 44.7 Å². The second-order valence-electron chi connectivity index (χ2n) is 7.92. The van der Waals surface area contributed by atoms with Crippen molar-refractivity contribution >= 4 is 34.5 Å². The molecule has 0 aromatic heterocycles. The van der Waals surface area contributed by atoms with Crippen LogP contribution in [0.25, 0.3) is 0 Å². The number of thioether (sulfide) groups is 1. The first-order chi connectivity index (χ1) is 13.0. The zero-order valence-electron chi connectivity index (χ0n) is 15.2. The van der Waals surface area contributed by atoms with E-state index in [-0.39, 0.29) is 41.3 Å². The third kappa shape index (κ3) is 3.89. The minimum absolute atomic E-state index is 0.0386. The third-order valence-corrected chi connectivity index (χ3v) is 7.05. The van der Waals surface area contributed by atoms with Crippen molar-refractivity contribution in [1.82, 2.24) is 4.90 Å². The van der Waals surface area contributed by atoms with Crippen molar-refractivity contribution in [3.63, 3.8) is 0 Å². The summed E-state index contributed by atoms with van der Waals surface area (Å²) in [6.45, 7) is 0.281. The van der Waals surface area contributed by atoms with E-state index < -0.39 is 0 Å². The van der Waals surface area contributed by atoms with Crippen LogP contribution in [0.3, 0.4) is 0 Å². The zero-order chi connectivity index (χ0) is 19.0. The summed E-state index contributed by atoms with van der Waals surface area (Å²) in [7, 11) is 0. The molecule has 2 atom stereocenters. The van der Waals surface area contributed by atoms with Crippen molar-refractivity contribution in [2.75, 3.05) is 11.1 Å². The van der Waals surface area contributed by atoms with Gasteiger partial charge >= 0.3 is 0 Å². The van der Waals surface area contributed by atoms with Crippen LogP contribution >= 0.6 is 11.8 Å². The van der Waals surface area contributed by atoms with Crippen LogP contribution in [0.2, 0.25) is 0 Å². The second kappa shape index (κ2) is 7.64. The number of amides is 3. The molecule has 6 nitrogen and oxygen atoms in total. The van der Waals surface area contributed by atoms with Crippen molar-refractivity contribution in [3.8, 4) is 0 Å². The van der Waals surface area contributed by atoms with Gasteiger partial charge in [0.15, 0.2) is 0 Å². The molecule has 1 aliphatic heterocycles. The van der Waals surface area contributed by atoms with Crippen LogP contribution in [0.15, 0.2) is 24.3 Å². The molecule has 1 aromatic rings. The molecular formula is C20H25N3O3S. The minimum atomic E-state index is -0.196.